The first-order valence-electron chi connectivity index (χ1n) is 11.1. The van der Waals surface area contributed by atoms with Crippen LogP contribution in [-0.4, -0.2) is 9.52 Å². The number of halogens is 2. The molecule has 0 aliphatic rings. The van der Waals surface area contributed by atoms with Crippen LogP contribution in [0.2, 0.25) is 6.55 Å². The fourth-order valence-corrected chi connectivity index (χ4v) is 3.97. The maximum atomic E-state index is 4.93. The molecule has 0 aliphatic heterocycles. The van der Waals surface area contributed by atoms with Gasteiger partial charge in [-0.25, -0.2) is 0 Å². The van der Waals surface area contributed by atoms with Crippen LogP contribution in [0.5, 0.6) is 0 Å². The Morgan fingerprint density at radius 1 is 0.667 bits per heavy atom. The van der Waals surface area contributed by atoms with Gasteiger partial charge in [-0.05, 0) is 12.8 Å². The molecule has 0 nitrogen and oxygen atoms in total. The van der Waals surface area contributed by atoms with Gasteiger partial charge in [0.25, 0.3) is 0 Å². The molecule has 0 aromatic heterocycles. The topological polar surface area (TPSA) is 0 Å². The van der Waals surface area contributed by atoms with Gasteiger partial charge in [-0.2, -0.15) is 12.1 Å². The van der Waals surface area contributed by atoms with Crippen LogP contribution in [-0.2, 0) is 33.7 Å². The van der Waals surface area contributed by atoms with Gasteiger partial charge in [0.2, 0.25) is 0 Å². The zero-order valence-corrected chi connectivity index (χ0v) is 24.5. The van der Waals surface area contributed by atoms with Crippen molar-refractivity contribution >= 4 is 53.3 Å². The molecule has 168 valence electrons. The summed E-state index contributed by atoms with van der Waals surface area (Å²) in [5.41, 5.74) is 2.87. The first kappa shape index (κ1) is 27.8. The van der Waals surface area contributed by atoms with Gasteiger partial charge < -0.3 is 0 Å². The molecule has 5 rings (SSSR count). The summed E-state index contributed by atoms with van der Waals surface area (Å²) in [7, 11) is 10.8. The number of aryl methyl sites for hydroxylation is 2. The van der Waals surface area contributed by atoms with Gasteiger partial charge in [-0.1, -0.05) is 68.0 Å². The standard InChI is InChI=1S/2C11H11.C7H8Si.2ClH.Zr/c2*1-2-9-7-10-5-3-4-6-11(10)8-9;1-8-7-5-3-2-4-6-7;;;/h2*3-8H,2H2,1H3;2-6H,1H3;2*1H;/q2*-1;;;;+4/p-2. The second kappa shape index (κ2) is 16.2. The predicted octanol–water partition coefficient (Wildman–Crippen LogP) is 8.68. The number of hydrogen-bond donors (Lipinski definition) is 0. The Balaban J connectivity index is 0.000000167. The van der Waals surface area contributed by atoms with E-state index < -0.39 is 20.8 Å². The second-order valence-electron chi connectivity index (χ2n) is 7.38. The Labute approximate surface area is 220 Å². The van der Waals surface area contributed by atoms with E-state index in [0.29, 0.717) is 0 Å². The molecule has 5 aromatic carbocycles. The molecule has 0 atom stereocenters. The number of rotatable bonds is 3. The van der Waals surface area contributed by atoms with Crippen LogP contribution in [0.1, 0.15) is 25.0 Å². The van der Waals surface area contributed by atoms with E-state index in [-0.39, 0.29) is 0 Å². The molecule has 0 saturated carbocycles. The second-order valence-corrected chi connectivity index (χ2v) is 12.2. The van der Waals surface area contributed by atoms with Crippen molar-refractivity contribution in [3.8, 4) is 0 Å². The Morgan fingerprint density at radius 2 is 1.06 bits per heavy atom. The van der Waals surface area contributed by atoms with E-state index >= 15 is 0 Å². The summed E-state index contributed by atoms with van der Waals surface area (Å²) in [6.45, 7) is 6.57. The molecule has 0 N–H and O–H groups in total. The predicted molar refractivity (Wildman–Crippen MR) is 147 cm³/mol. The van der Waals surface area contributed by atoms with Crippen molar-refractivity contribution in [3.05, 3.63) is 114 Å². The maximum absolute atomic E-state index is 4.93. The van der Waals surface area contributed by atoms with Crippen molar-refractivity contribution in [1.29, 1.82) is 0 Å². The van der Waals surface area contributed by atoms with E-state index in [1.165, 1.54) is 37.9 Å². The van der Waals surface area contributed by atoms with Gasteiger partial charge in [0.1, 0.15) is 0 Å². The van der Waals surface area contributed by atoms with Crippen molar-refractivity contribution in [3.63, 3.8) is 0 Å². The van der Waals surface area contributed by atoms with E-state index in [4.69, 9.17) is 17.0 Å². The van der Waals surface area contributed by atoms with E-state index in [1.54, 1.807) is 0 Å². The van der Waals surface area contributed by atoms with Gasteiger partial charge in [0, 0.05) is 0 Å². The van der Waals surface area contributed by atoms with Crippen molar-refractivity contribution in [2.24, 2.45) is 0 Å². The minimum atomic E-state index is -0.826. The van der Waals surface area contributed by atoms with Crippen LogP contribution < -0.4 is 5.19 Å². The first-order valence-corrected chi connectivity index (χ1v) is 19.0. The molecular formula is C29H30Cl2SiZr. The quantitative estimate of drug-likeness (QED) is 0.151. The van der Waals surface area contributed by atoms with Crippen LogP contribution in [0.15, 0.2) is 103 Å². The summed E-state index contributed by atoms with van der Waals surface area (Å²) in [5, 5.41) is 6.90. The molecule has 0 spiro atoms. The SMILES string of the molecule is CCc1cc2ccccc2[cH-]1.CCc1cc2ccccc2[cH-]1.C[Si]c1ccccc1.[Cl][Zr+2][Cl]. The number of benzene rings is 3. The minimum absolute atomic E-state index is 0.826. The van der Waals surface area contributed by atoms with Gasteiger partial charge in [0.05, 0.1) is 9.52 Å². The molecule has 0 heterocycles. The Morgan fingerprint density at radius 3 is 1.39 bits per heavy atom. The Kier molecular flexibility index (Phi) is 13.7. The first-order chi connectivity index (χ1) is 16.1. The van der Waals surface area contributed by atoms with E-state index in [9.17, 15) is 0 Å². The monoisotopic (exact) mass is 566 g/mol. The summed E-state index contributed by atoms with van der Waals surface area (Å²) in [5.74, 6) is 0. The molecule has 0 saturated heterocycles. The van der Waals surface area contributed by atoms with Crippen molar-refractivity contribution in [2.75, 3.05) is 0 Å². The summed E-state index contributed by atoms with van der Waals surface area (Å²) < 4.78 is 0. The molecule has 0 amide bonds. The van der Waals surface area contributed by atoms with E-state index in [0.717, 1.165) is 22.4 Å². The van der Waals surface area contributed by atoms with Crippen LogP contribution in [0.25, 0.3) is 21.5 Å². The van der Waals surface area contributed by atoms with Gasteiger partial charge in [-0.15, -0.1) is 81.2 Å². The van der Waals surface area contributed by atoms with Crippen LogP contribution >= 0.6 is 17.0 Å². The summed E-state index contributed by atoms with van der Waals surface area (Å²) in [6, 6.07) is 36.5. The van der Waals surface area contributed by atoms with Crippen molar-refractivity contribution < 1.29 is 20.8 Å². The number of fused-ring (bicyclic) bond motifs is 2. The molecule has 0 bridgehead atoms. The average Bonchev–Trinajstić information content (AvgIpc) is 3.49. The van der Waals surface area contributed by atoms with Gasteiger partial charge in [0.15, 0.2) is 0 Å². The summed E-state index contributed by atoms with van der Waals surface area (Å²) in [6.07, 6.45) is 2.27. The average molecular weight is 569 g/mol. The molecule has 0 fully saturated rings. The third-order valence-electron chi connectivity index (χ3n) is 5.23. The summed E-state index contributed by atoms with van der Waals surface area (Å²) >= 11 is -0.826. The zero-order chi connectivity index (χ0) is 23.9. The molecule has 5 aromatic rings. The zero-order valence-electron chi connectivity index (χ0n) is 19.5. The molecule has 0 aliphatic carbocycles. The molecule has 33 heavy (non-hydrogen) atoms. The van der Waals surface area contributed by atoms with Gasteiger partial charge >= 0.3 is 37.9 Å². The molecule has 0 unspecified atom stereocenters. The summed E-state index contributed by atoms with van der Waals surface area (Å²) in [4.78, 5) is 0. The molecular weight excluding hydrogens is 539 g/mol. The van der Waals surface area contributed by atoms with Gasteiger partial charge in [-0.3, -0.25) is 0 Å². The normalized spacial score (nSPS) is 9.61. The molecule has 2 radical (unpaired) electrons. The van der Waals surface area contributed by atoms with Crippen LogP contribution in [0.4, 0.5) is 0 Å². The van der Waals surface area contributed by atoms with E-state index in [1.807, 2.05) is 6.07 Å². The Hall–Kier alpha value is -1.44. The van der Waals surface area contributed by atoms with Crippen molar-refractivity contribution in [2.45, 2.75) is 33.2 Å². The van der Waals surface area contributed by atoms with Crippen LogP contribution in [0.3, 0.4) is 0 Å². The third-order valence-corrected chi connectivity index (χ3v) is 6.15. The molecule has 4 heteroatoms. The number of hydrogen-bond acceptors (Lipinski definition) is 0. The van der Waals surface area contributed by atoms with Crippen LogP contribution in [0, 0.1) is 0 Å². The Bertz CT molecular complexity index is 1040. The fourth-order valence-electron chi connectivity index (χ4n) is 3.44. The van der Waals surface area contributed by atoms with E-state index in [2.05, 4.69) is 117 Å². The fraction of sp³-hybridized carbons (Fsp3) is 0.172. The third kappa shape index (κ3) is 9.75. The van der Waals surface area contributed by atoms with Crippen molar-refractivity contribution in [1.82, 2.24) is 0 Å².